The van der Waals surface area contributed by atoms with E-state index in [4.69, 9.17) is 10.5 Å². The van der Waals surface area contributed by atoms with E-state index in [1.807, 2.05) is 6.07 Å². The monoisotopic (exact) mass is 267 g/mol. The van der Waals surface area contributed by atoms with E-state index in [2.05, 4.69) is 49.4 Å². The third-order valence-corrected chi connectivity index (χ3v) is 3.94. The van der Waals surface area contributed by atoms with Crippen LogP contribution in [0.2, 0.25) is 0 Å². The van der Waals surface area contributed by atoms with Gasteiger partial charge in [0.25, 0.3) is 0 Å². The number of benzene rings is 2. The van der Waals surface area contributed by atoms with Crippen LogP contribution in [0, 0.1) is 0 Å². The van der Waals surface area contributed by atoms with Gasteiger partial charge in [0.2, 0.25) is 0 Å². The molecule has 0 saturated heterocycles. The Labute approximate surface area is 120 Å². The molecule has 2 nitrogen and oxygen atoms in total. The van der Waals surface area contributed by atoms with Crippen LogP contribution in [0.15, 0.2) is 48.5 Å². The first kappa shape index (κ1) is 13.2. The lowest BCUT2D eigenvalue weighted by molar-refractivity contribution is 0.254. The predicted octanol–water partition coefficient (Wildman–Crippen LogP) is 3.64. The molecule has 1 aliphatic rings. The van der Waals surface area contributed by atoms with Gasteiger partial charge in [-0.2, -0.15) is 0 Å². The van der Waals surface area contributed by atoms with Crippen LogP contribution in [0.1, 0.15) is 36.1 Å². The summed E-state index contributed by atoms with van der Waals surface area (Å²) in [6.45, 7) is 2.11. The lowest BCUT2D eigenvalue weighted by atomic mass is 9.97. The van der Waals surface area contributed by atoms with E-state index in [1.54, 1.807) is 0 Å². The summed E-state index contributed by atoms with van der Waals surface area (Å²) < 4.78 is 5.73. The SMILES string of the molecule is C[C@@H]1Cc2cc([C@@H](N)CCc3ccccc3)ccc2O1. The second-order valence-electron chi connectivity index (χ2n) is 5.63. The highest BCUT2D eigenvalue weighted by Crippen LogP contribution is 2.31. The zero-order chi connectivity index (χ0) is 13.9. The van der Waals surface area contributed by atoms with Gasteiger partial charge in [-0.05, 0) is 42.5 Å². The minimum atomic E-state index is 0.0939. The van der Waals surface area contributed by atoms with E-state index in [-0.39, 0.29) is 6.04 Å². The third kappa shape index (κ3) is 2.86. The van der Waals surface area contributed by atoms with Gasteiger partial charge in [-0.3, -0.25) is 0 Å². The van der Waals surface area contributed by atoms with Gasteiger partial charge in [0.05, 0.1) is 0 Å². The molecular weight excluding hydrogens is 246 g/mol. The summed E-state index contributed by atoms with van der Waals surface area (Å²) in [5, 5.41) is 0. The summed E-state index contributed by atoms with van der Waals surface area (Å²) in [5.74, 6) is 1.02. The molecule has 2 atom stereocenters. The summed E-state index contributed by atoms with van der Waals surface area (Å²) >= 11 is 0. The van der Waals surface area contributed by atoms with Crippen molar-refractivity contribution < 1.29 is 4.74 Å². The molecular formula is C18H21NO. The van der Waals surface area contributed by atoms with Crippen LogP contribution < -0.4 is 10.5 Å². The molecule has 20 heavy (non-hydrogen) atoms. The quantitative estimate of drug-likeness (QED) is 0.918. The summed E-state index contributed by atoms with van der Waals surface area (Å²) in [6, 6.07) is 17.0. The molecule has 3 rings (SSSR count). The first-order valence-corrected chi connectivity index (χ1v) is 7.31. The van der Waals surface area contributed by atoms with Crippen LogP contribution in [-0.2, 0) is 12.8 Å². The molecule has 2 aromatic rings. The molecule has 2 N–H and O–H groups in total. The van der Waals surface area contributed by atoms with Crippen molar-refractivity contribution in [1.82, 2.24) is 0 Å². The van der Waals surface area contributed by atoms with Crippen molar-refractivity contribution >= 4 is 0 Å². The van der Waals surface area contributed by atoms with Crippen molar-refractivity contribution in [1.29, 1.82) is 0 Å². The Balaban J connectivity index is 1.66. The Bertz CT molecular complexity index is 579. The topological polar surface area (TPSA) is 35.2 Å². The number of ether oxygens (including phenoxy) is 1. The van der Waals surface area contributed by atoms with Gasteiger partial charge < -0.3 is 10.5 Å². The second kappa shape index (κ2) is 5.68. The average Bonchev–Trinajstić information content (AvgIpc) is 2.85. The van der Waals surface area contributed by atoms with Gasteiger partial charge in [-0.15, -0.1) is 0 Å². The lowest BCUT2D eigenvalue weighted by Gasteiger charge is -2.13. The standard InChI is InChI=1S/C18H21NO/c1-13-11-16-12-15(8-10-18(16)20-13)17(19)9-7-14-5-3-2-4-6-14/h2-6,8,10,12-13,17H,7,9,11,19H2,1H3/t13-,17+/m1/s1. The fraction of sp³-hybridized carbons (Fsp3) is 0.333. The predicted molar refractivity (Wildman–Crippen MR) is 81.9 cm³/mol. The molecule has 0 bridgehead atoms. The van der Waals surface area contributed by atoms with Gasteiger partial charge in [-0.1, -0.05) is 42.5 Å². The number of hydrogen-bond acceptors (Lipinski definition) is 2. The van der Waals surface area contributed by atoms with Gasteiger partial charge in [0.15, 0.2) is 0 Å². The fourth-order valence-corrected chi connectivity index (χ4v) is 2.81. The second-order valence-corrected chi connectivity index (χ2v) is 5.63. The number of nitrogens with two attached hydrogens (primary N) is 1. The van der Waals surface area contributed by atoms with Gasteiger partial charge >= 0.3 is 0 Å². The van der Waals surface area contributed by atoms with Gasteiger partial charge in [-0.25, -0.2) is 0 Å². The summed E-state index contributed by atoms with van der Waals surface area (Å²) in [4.78, 5) is 0. The zero-order valence-corrected chi connectivity index (χ0v) is 11.9. The smallest absolute Gasteiger partial charge is 0.123 e. The highest BCUT2D eigenvalue weighted by atomic mass is 16.5. The Morgan fingerprint density at radius 1 is 1.20 bits per heavy atom. The Morgan fingerprint density at radius 3 is 2.80 bits per heavy atom. The maximum atomic E-state index is 6.33. The first-order chi connectivity index (χ1) is 9.72. The maximum Gasteiger partial charge on any atom is 0.123 e. The number of rotatable bonds is 4. The fourth-order valence-electron chi connectivity index (χ4n) is 2.81. The Morgan fingerprint density at radius 2 is 2.00 bits per heavy atom. The Kier molecular flexibility index (Phi) is 3.75. The van der Waals surface area contributed by atoms with Crippen LogP contribution >= 0.6 is 0 Å². The molecule has 0 saturated carbocycles. The average molecular weight is 267 g/mol. The van der Waals surface area contributed by atoms with Crippen LogP contribution in [0.25, 0.3) is 0 Å². The normalized spacial score (nSPS) is 18.4. The van der Waals surface area contributed by atoms with Crippen molar-refractivity contribution in [2.75, 3.05) is 0 Å². The molecule has 2 heteroatoms. The summed E-state index contributed by atoms with van der Waals surface area (Å²) in [6.07, 6.45) is 3.28. The van der Waals surface area contributed by atoms with Crippen LogP contribution in [-0.4, -0.2) is 6.10 Å². The summed E-state index contributed by atoms with van der Waals surface area (Å²) in [5.41, 5.74) is 10.2. The van der Waals surface area contributed by atoms with Crippen LogP contribution in [0.5, 0.6) is 5.75 Å². The molecule has 0 fully saturated rings. The zero-order valence-electron chi connectivity index (χ0n) is 11.9. The maximum absolute atomic E-state index is 6.33. The van der Waals surface area contributed by atoms with Crippen LogP contribution in [0.4, 0.5) is 0 Å². The molecule has 1 aliphatic heterocycles. The molecule has 0 radical (unpaired) electrons. The molecule has 2 aromatic carbocycles. The largest absolute Gasteiger partial charge is 0.490 e. The van der Waals surface area contributed by atoms with Crippen molar-refractivity contribution in [3.63, 3.8) is 0 Å². The van der Waals surface area contributed by atoms with Crippen molar-refractivity contribution in [2.24, 2.45) is 5.73 Å². The van der Waals surface area contributed by atoms with E-state index in [0.717, 1.165) is 25.0 Å². The highest BCUT2D eigenvalue weighted by Gasteiger charge is 2.20. The molecule has 0 spiro atoms. The minimum Gasteiger partial charge on any atom is -0.490 e. The molecule has 0 aromatic heterocycles. The summed E-state index contributed by atoms with van der Waals surface area (Å²) in [7, 11) is 0. The van der Waals surface area contributed by atoms with E-state index < -0.39 is 0 Å². The van der Waals surface area contributed by atoms with E-state index >= 15 is 0 Å². The van der Waals surface area contributed by atoms with Crippen molar-refractivity contribution in [2.45, 2.75) is 38.3 Å². The lowest BCUT2D eigenvalue weighted by Crippen LogP contribution is -2.11. The molecule has 104 valence electrons. The van der Waals surface area contributed by atoms with E-state index in [1.165, 1.54) is 16.7 Å². The molecule has 0 aliphatic carbocycles. The van der Waals surface area contributed by atoms with Crippen molar-refractivity contribution in [3.8, 4) is 5.75 Å². The first-order valence-electron chi connectivity index (χ1n) is 7.31. The Hall–Kier alpha value is -1.80. The number of hydrogen-bond donors (Lipinski definition) is 1. The third-order valence-electron chi connectivity index (χ3n) is 3.94. The van der Waals surface area contributed by atoms with E-state index in [0.29, 0.717) is 6.10 Å². The molecule has 0 unspecified atom stereocenters. The van der Waals surface area contributed by atoms with Gasteiger partial charge in [0, 0.05) is 12.5 Å². The molecule has 1 heterocycles. The van der Waals surface area contributed by atoms with Crippen LogP contribution in [0.3, 0.4) is 0 Å². The molecule has 0 amide bonds. The van der Waals surface area contributed by atoms with E-state index in [9.17, 15) is 0 Å². The highest BCUT2D eigenvalue weighted by molar-refractivity contribution is 5.41. The minimum absolute atomic E-state index is 0.0939. The number of aryl methyl sites for hydroxylation is 1. The number of fused-ring (bicyclic) bond motifs is 1. The van der Waals surface area contributed by atoms with Crippen molar-refractivity contribution in [3.05, 3.63) is 65.2 Å². The van der Waals surface area contributed by atoms with Gasteiger partial charge in [0.1, 0.15) is 11.9 Å².